The average molecular weight is 548 g/mol. The molecule has 1 aliphatic heterocycles. The van der Waals surface area contributed by atoms with Crippen LogP contribution in [0.25, 0.3) is 16.7 Å². The van der Waals surface area contributed by atoms with Crippen LogP contribution in [0.4, 0.5) is 22.4 Å². The number of carbonyl (C=O) groups is 1. The van der Waals surface area contributed by atoms with Crippen molar-refractivity contribution in [3.05, 3.63) is 58.1 Å². The molecule has 0 aliphatic carbocycles. The first-order chi connectivity index (χ1) is 16.6. The number of imidazole rings is 1. The number of halogens is 5. The molecular formula is C21H18ClF4N5O4S. The maximum absolute atomic E-state index is 16.1. The van der Waals surface area contributed by atoms with Crippen LogP contribution in [0.5, 0.6) is 0 Å². The Hall–Kier alpha value is -3.39. The second-order valence-electron chi connectivity index (χ2n) is 8.32. The fourth-order valence-electron chi connectivity index (χ4n) is 4.23. The predicted octanol–water partition coefficient (Wildman–Crippen LogP) is 4.26. The molecular weight excluding hydrogens is 530 g/mol. The average Bonchev–Trinajstić information content (AvgIpc) is 3.05. The summed E-state index contributed by atoms with van der Waals surface area (Å²) in [6, 6.07) is 6.13. The normalized spacial score (nSPS) is 21.1. The summed E-state index contributed by atoms with van der Waals surface area (Å²) in [5.41, 5.74) is -4.05. The Morgan fingerprint density at radius 2 is 1.94 bits per heavy atom. The molecule has 2 aromatic carbocycles. The summed E-state index contributed by atoms with van der Waals surface area (Å²) in [6.45, 7) is 2.70. The minimum Gasteiger partial charge on any atom is -0.463 e. The van der Waals surface area contributed by atoms with E-state index < -0.39 is 61.5 Å². The minimum absolute atomic E-state index is 0.0241. The van der Waals surface area contributed by atoms with Gasteiger partial charge in [-0.05, 0) is 32.0 Å². The van der Waals surface area contributed by atoms with Crippen molar-refractivity contribution in [2.75, 3.05) is 12.8 Å². The number of hydrogen-bond acceptors (Lipinski definition) is 4. The Bertz CT molecular complexity index is 1550. The van der Waals surface area contributed by atoms with Gasteiger partial charge in [-0.2, -0.15) is 13.2 Å². The number of hydrogen-bond donors (Lipinski definition) is 2. The summed E-state index contributed by atoms with van der Waals surface area (Å²) in [5.74, 6) is -2.27. The fourth-order valence-corrected chi connectivity index (χ4v) is 5.99. The number of nitrogens with zero attached hydrogens (tertiary/aromatic N) is 4. The molecule has 1 atom stereocenters. The maximum Gasteiger partial charge on any atom is 0.434 e. The van der Waals surface area contributed by atoms with Gasteiger partial charge in [0.2, 0.25) is 16.0 Å². The molecule has 1 saturated heterocycles. The lowest BCUT2D eigenvalue weighted by molar-refractivity contribution is -0.136. The number of alkyl halides is 3. The quantitative estimate of drug-likeness (QED) is 0.463. The van der Waals surface area contributed by atoms with Gasteiger partial charge in [0.05, 0.1) is 33.0 Å². The van der Waals surface area contributed by atoms with E-state index in [4.69, 9.17) is 16.7 Å². The molecule has 2 heterocycles. The maximum atomic E-state index is 16.1. The van der Waals surface area contributed by atoms with Crippen molar-refractivity contribution in [3.63, 3.8) is 0 Å². The van der Waals surface area contributed by atoms with Crippen LogP contribution in [-0.4, -0.2) is 52.2 Å². The van der Waals surface area contributed by atoms with Gasteiger partial charge in [-0.1, -0.05) is 23.7 Å². The van der Waals surface area contributed by atoms with Crippen LogP contribution in [-0.2, 0) is 21.7 Å². The lowest BCUT2D eigenvalue weighted by Gasteiger charge is -2.40. The van der Waals surface area contributed by atoms with Gasteiger partial charge in [-0.15, -0.1) is 4.99 Å². The second-order valence-corrected chi connectivity index (χ2v) is 10.7. The van der Waals surface area contributed by atoms with Gasteiger partial charge in [0.1, 0.15) is 11.4 Å². The Balaban J connectivity index is 1.98. The monoisotopic (exact) mass is 547 g/mol. The van der Waals surface area contributed by atoms with Gasteiger partial charge < -0.3 is 10.4 Å². The van der Waals surface area contributed by atoms with Crippen molar-refractivity contribution in [2.45, 2.75) is 25.6 Å². The van der Waals surface area contributed by atoms with Gasteiger partial charge in [-0.25, -0.2) is 26.9 Å². The molecule has 1 fully saturated rings. The van der Waals surface area contributed by atoms with E-state index in [1.165, 1.54) is 38.1 Å². The molecule has 1 aromatic heterocycles. The van der Waals surface area contributed by atoms with Crippen LogP contribution in [0.3, 0.4) is 0 Å². The minimum atomic E-state index is -4.88. The standard InChI is InChI=1S/C21H18ClF4N5O4S/c1-10-27-13-8-7-12(22)15(21(24,25)26)17(13)31(10)14-6-4-5-11(16(14)23)20(2)9-36(34,35)30(3)18(29-20)28-19(32)33/h4-8H,9H2,1-3H3,(H,28,29)(H,32,33)/t20-/m0/s1. The smallest absolute Gasteiger partial charge is 0.434 e. The largest absolute Gasteiger partial charge is 0.463 e. The molecule has 3 aromatic rings. The number of sulfonamides is 1. The van der Waals surface area contributed by atoms with Crippen LogP contribution in [0.15, 0.2) is 35.3 Å². The number of guanidine groups is 1. The number of fused-ring (bicyclic) bond motifs is 1. The van der Waals surface area contributed by atoms with E-state index in [1.807, 2.05) is 0 Å². The molecule has 36 heavy (non-hydrogen) atoms. The van der Waals surface area contributed by atoms with E-state index in [0.29, 0.717) is 4.31 Å². The first kappa shape index (κ1) is 25.7. The third-order valence-corrected chi connectivity index (χ3v) is 8.07. The van der Waals surface area contributed by atoms with Gasteiger partial charge in [0.15, 0.2) is 5.82 Å². The molecule has 0 spiro atoms. The molecule has 15 heteroatoms. The van der Waals surface area contributed by atoms with Crippen molar-refractivity contribution in [1.82, 2.24) is 19.2 Å². The summed E-state index contributed by atoms with van der Waals surface area (Å²) in [6.07, 6.45) is -6.57. The molecule has 2 N–H and O–H groups in total. The summed E-state index contributed by atoms with van der Waals surface area (Å²) >= 11 is 5.88. The van der Waals surface area contributed by atoms with Crippen LogP contribution < -0.4 is 5.32 Å². The third kappa shape index (κ3) is 4.13. The topological polar surface area (TPSA) is 117 Å². The van der Waals surface area contributed by atoms with Crippen molar-refractivity contribution in [2.24, 2.45) is 4.99 Å². The van der Waals surface area contributed by atoms with Gasteiger partial charge in [0.25, 0.3) is 0 Å². The number of carboxylic acid groups (broad SMARTS) is 1. The first-order valence-corrected chi connectivity index (χ1v) is 12.2. The second kappa shape index (κ2) is 8.34. The summed E-state index contributed by atoms with van der Waals surface area (Å²) in [4.78, 5) is 18.5. The van der Waals surface area contributed by atoms with E-state index in [1.54, 1.807) is 0 Å². The molecule has 4 rings (SSSR count). The Morgan fingerprint density at radius 1 is 1.28 bits per heavy atom. The molecule has 0 bridgehead atoms. The Labute approximate surface area is 207 Å². The zero-order valence-corrected chi connectivity index (χ0v) is 20.4. The van der Waals surface area contributed by atoms with Crippen LogP contribution >= 0.6 is 11.6 Å². The number of nitrogens with one attached hydrogen (secondary N) is 1. The summed E-state index contributed by atoms with van der Waals surface area (Å²) in [5, 5.41) is 11.1. The number of amides is 1. The number of benzene rings is 2. The van der Waals surface area contributed by atoms with Crippen LogP contribution in [0.2, 0.25) is 5.02 Å². The fraction of sp³-hybridized carbons (Fsp3) is 0.286. The number of aliphatic imine (C=N–C) groups is 1. The van der Waals surface area contributed by atoms with Crippen molar-refractivity contribution in [1.29, 1.82) is 0 Å². The van der Waals surface area contributed by atoms with E-state index >= 15 is 4.39 Å². The summed E-state index contributed by atoms with van der Waals surface area (Å²) in [7, 11) is -3.06. The van der Waals surface area contributed by atoms with E-state index in [2.05, 4.69) is 15.3 Å². The van der Waals surface area contributed by atoms with E-state index in [0.717, 1.165) is 17.7 Å². The molecule has 192 valence electrons. The lowest BCUT2D eigenvalue weighted by atomic mass is 9.92. The molecule has 9 nitrogen and oxygen atoms in total. The highest BCUT2D eigenvalue weighted by molar-refractivity contribution is 7.89. The Kier molecular flexibility index (Phi) is 5.95. The molecule has 1 aliphatic rings. The number of aryl methyl sites for hydroxylation is 1. The molecule has 0 radical (unpaired) electrons. The SMILES string of the molecule is Cc1nc2ccc(Cl)c(C(F)(F)F)c2n1-c1cccc([C@]2(C)CS(=O)(=O)N(C)/C(=N/C(=O)O)N2)c1F. The first-order valence-electron chi connectivity index (χ1n) is 10.2. The Morgan fingerprint density at radius 3 is 2.56 bits per heavy atom. The molecule has 0 unspecified atom stereocenters. The third-order valence-electron chi connectivity index (χ3n) is 5.81. The molecule has 0 saturated carbocycles. The van der Waals surface area contributed by atoms with Crippen molar-refractivity contribution < 1.29 is 35.9 Å². The van der Waals surface area contributed by atoms with Gasteiger partial charge in [-0.3, -0.25) is 4.57 Å². The lowest BCUT2D eigenvalue weighted by Crippen LogP contribution is -2.61. The van der Waals surface area contributed by atoms with Crippen LogP contribution in [0, 0.1) is 12.7 Å². The highest BCUT2D eigenvalue weighted by Gasteiger charge is 2.45. The van der Waals surface area contributed by atoms with Crippen molar-refractivity contribution >= 4 is 44.7 Å². The van der Waals surface area contributed by atoms with Gasteiger partial charge in [0, 0.05) is 12.6 Å². The number of aromatic nitrogens is 2. The predicted molar refractivity (Wildman–Crippen MR) is 123 cm³/mol. The highest BCUT2D eigenvalue weighted by atomic mass is 35.5. The highest BCUT2D eigenvalue weighted by Crippen LogP contribution is 2.42. The van der Waals surface area contributed by atoms with Crippen LogP contribution in [0.1, 0.15) is 23.9 Å². The zero-order chi connectivity index (χ0) is 26.8. The zero-order valence-electron chi connectivity index (χ0n) is 18.9. The van der Waals surface area contributed by atoms with E-state index in [9.17, 15) is 26.4 Å². The van der Waals surface area contributed by atoms with Crippen molar-refractivity contribution in [3.8, 4) is 5.69 Å². The number of rotatable bonds is 2. The van der Waals surface area contributed by atoms with E-state index in [-0.39, 0.29) is 22.6 Å². The molecule has 1 amide bonds. The summed E-state index contributed by atoms with van der Waals surface area (Å²) < 4.78 is 84.9. The van der Waals surface area contributed by atoms with Gasteiger partial charge >= 0.3 is 12.3 Å².